The first-order chi connectivity index (χ1) is 8.99. The smallest absolute Gasteiger partial charge is 0.307 e. The van der Waals surface area contributed by atoms with Gasteiger partial charge in [0.1, 0.15) is 0 Å². The lowest BCUT2D eigenvalue weighted by molar-refractivity contribution is -0.146. The highest BCUT2D eigenvalue weighted by molar-refractivity contribution is 5.85. The van der Waals surface area contributed by atoms with Crippen molar-refractivity contribution in [2.24, 2.45) is 17.8 Å². The molecule has 4 atom stereocenters. The molecule has 6 heteroatoms. The number of carbonyl (C=O) groups excluding carboxylic acids is 1. The Morgan fingerprint density at radius 1 is 1.37 bits per heavy atom. The van der Waals surface area contributed by atoms with E-state index >= 15 is 0 Å². The zero-order valence-electron chi connectivity index (χ0n) is 11.5. The molecule has 0 heterocycles. The summed E-state index contributed by atoms with van der Waals surface area (Å²) in [5.74, 6) is -2.06. The molecule has 19 heavy (non-hydrogen) atoms. The number of aliphatic hydroxyl groups is 1. The molecule has 0 spiro atoms. The standard InChI is InChI=1S/C13H23NO5/c1-8-5-10(11(6-8)13(17)18)12(16)14-9(7-15)3-4-19-2/h8-11,15H,3-7H2,1-2H3,(H,14,16)(H,17,18)/t8?,9?,10-,11+/m0/s1. The molecule has 1 aliphatic rings. The third kappa shape index (κ3) is 4.47. The number of carbonyl (C=O) groups is 2. The molecule has 0 aromatic carbocycles. The monoisotopic (exact) mass is 273 g/mol. The van der Waals surface area contributed by atoms with Crippen LogP contribution in [0.15, 0.2) is 0 Å². The van der Waals surface area contributed by atoms with Gasteiger partial charge in [0.15, 0.2) is 0 Å². The lowest BCUT2D eigenvalue weighted by Gasteiger charge is -2.20. The van der Waals surface area contributed by atoms with Gasteiger partial charge in [0.2, 0.25) is 5.91 Å². The molecule has 0 radical (unpaired) electrons. The second-order valence-corrected chi connectivity index (χ2v) is 5.30. The van der Waals surface area contributed by atoms with E-state index in [2.05, 4.69) is 5.32 Å². The maximum atomic E-state index is 12.1. The molecule has 1 rings (SSSR count). The summed E-state index contributed by atoms with van der Waals surface area (Å²) in [6, 6.07) is -0.377. The molecule has 6 nitrogen and oxygen atoms in total. The zero-order valence-corrected chi connectivity index (χ0v) is 11.5. The number of rotatable bonds is 7. The van der Waals surface area contributed by atoms with Crippen molar-refractivity contribution < 1.29 is 24.5 Å². The van der Waals surface area contributed by atoms with Gasteiger partial charge in [0.25, 0.3) is 0 Å². The Morgan fingerprint density at radius 3 is 2.53 bits per heavy atom. The van der Waals surface area contributed by atoms with Gasteiger partial charge in [0.05, 0.1) is 24.5 Å². The first-order valence-electron chi connectivity index (χ1n) is 6.62. The summed E-state index contributed by atoms with van der Waals surface area (Å²) < 4.78 is 4.90. The normalized spacial score (nSPS) is 28.1. The Labute approximate surface area is 113 Å². The van der Waals surface area contributed by atoms with E-state index in [9.17, 15) is 14.7 Å². The van der Waals surface area contributed by atoms with Crippen LogP contribution in [0.3, 0.4) is 0 Å². The number of nitrogens with one attached hydrogen (secondary N) is 1. The van der Waals surface area contributed by atoms with Crippen LogP contribution >= 0.6 is 0 Å². The number of aliphatic carboxylic acids is 1. The van der Waals surface area contributed by atoms with Crippen molar-refractivity contribution in [3.63, 3.8) is 0 Å². The number of hydrogen-bond donors (Lipinski definition) is 3. The van der Waals surface area contributed by atoms with Crippen LogP contribution in [0.4, 0.5) is 0 Å². The molecule has 0 aromatic heterocycles. The van der Waals surface area contributed by atoms with Crippen LogP contribution in [0, 0.1) is 17.8 Å². The van der Waals surface area contributed by atoms with E-state index in [1.165, 1.54) is 0 Å². The molecule has 0 aromatic rings. The maximum Gasteiger partial charge on any atom is 0.307 e. The fraction of sp³-hybridized carbons (Fsp3) is 0.846. The molecule has 0 bridgehead atoms. The van der Waals surface area contributed by atoms with Crippen molar-refractivity contribution in [2.75, 3.05) is 20.3 Å². The van der Waals surface area contributed by atoms with Crippen LogP contribution in [-0.4, -0.2) is 48.5 Å². The van der Waals surface area contributed by atoms with Gasteiger partial charge in [-0.05, 0) is 25.2 Å². The molecule has 3 N–H and O–H groups in total. The lowest BCUT2D eigenvalue weighted by Crippen LogP contribution is -2.43. The third-order valence-corrected chi connectivity index (χ3v) is 3.69. The number of ether oxygens (including phenoxy) is 1. The third-order valence-electron chi connectivity index (χ3n) is 3.69. The predicted octanol–water partition coefficient (Wildman–Crippen LogP) is 0.247. The molecule has 1 amide bonds. The summed E-state index contributed by atoms with van der Waals surface area (Å²) >= 11 is 0. The molecule has 110 valence electrons. The van der Waals surface area contributed by atoms with Crippen LogP contribution in [0.5, 0.6) is 0 Å². The van der Waals surface area contributed by atoms with Gasteiger partial charge in [-0.2, -0.15) is 0 Å². The molecule has 1 aliphatic carbocycles. The maximum absolute atomic E-state index is 12.1. The van der Waals surface area contributed by atoms with Gasteiger partial charge in [-0.15, -0.1) is 0 Å². The second kappa shape index (κ2) is 7.45. The first-order valence-corrected chi connectivity index (χ1v) is 6.62. The van der Waals surface area contributed by atoms with Gasteiger partial charge in [-0.3, -0.25) is 9.59 Å². The van der Waals surface area contributed by atoms with Gasteiger partial charge < -0.3 is 20.3 Å². The fourth-order valence-electron chi connectivity index (χ4n) is 2.63. The van der Waals surface area contributed by atoms with Crippen molar-refractivity contribution in [3.8, 4) is 0 Å². The van der Waals surface area contributed by atoms with Crippen molar-refractivity contribution in [2.45, 2.75) is 32.2 Å². The Kier molecular flexibility index (Phi) is 6.24. The van der Waals surface area contributed by atoms with Gasteiger partial charge >= 0.3 is 5.97 Å². The number of methoxy groups -OCH3 is 1. The number of hydrogen-bond acceptors (Lipinski definition) is 4. The SMILES string of the molecule is COCCC(CO)NC(=O)[C@H]1CC(C)C[C@H]1C(=O)O. The quantitative estimate of drug-likeness (QED) is 0.618. The summed E-state index contributed by atoms with van der Waals surface area (Å²) in [7, 11) is 1.55. The highest BCUT2D eigenvalue weighted by Crippen LogP contribution is 2.36. The molecule has 1 fully saturated rings. The average Bonchev–Trinajstić information content (AvgIpc) is 2.76. The first kappa shape index (κ1) is 15.9. The Hall–Kier alpha value is -1.14. The van der Waals surface area contributed by atoms with Crippen LogP contribution in [0.1, 0.15) is 26.2 Å². The fourth-order valence-corrected chi connectivity index (χ4v) is 2.63. The van der Waals surface area contributed by atoms with Crippen LogP contribution < -0.4 is 5.32 Å². The number of carboxylic acid groups (broad SMARTS) is 1. The Bertz CT molecular complexity index is 320. The van der Waals surface area contributed by atoms with E-state index in [-0.39, 0.29) is 24.5 Å². The summed E-state index contributed by atoms with van der Waals surface area (Å²) in [4.78, 5) is 23.3. The van der Waals surface area contributed by atoms with E-state index in [4.69, 9.17) is 9.84 Å². The highest BCUT2D eigenvalue weighted by Gasteiger charge is 2.41. The van der Waals surface area contributed by atoms with Crippen LogP contribution in [0.2, 0.25) is 0 Å². The minimum absolute atomic E-state index is 0.172. The van der Waals surface area contributed by atoms with E-state index in [0.717, 1.165) is 0 Å². The minimum atomic E-state index is -0.915. The van der Waals surface area contributed by atoms with E-state index in [1.807, 2.05) is 6.92 Å². The summed E-state index contributed by atoms with van der Waals surface area (Å²) in [6.45, 7) is 2.22. The Morgan fingerprint density at radius 2 is 2.00 bits per heavy atom. The van der Waals surface area contributed by atoms with Gasteiger partial charge in [-0.1, -0.05) is 6.92 Å². The topological polar surface area (TPSA) is 95.9 Å². The number of aliphatic hydroxyl groups excluding tert-OH is 1. The summed E-state index contributed by atoms with van der Waals surface area (Å²) in [5, 5.41) is 21.0. The van der Waals surface area contributed by atoms with Crippen LogP contribution in [0.25, 0.3) is 0 Å². The average molecular weight is 273 g/mol. The van der Waals surface area contributed by atoms with Crippen molar-refractivity contribution >= 4 is 11.9 Å². The Balaban J connectivity index is 2.57. The van der Waals surface area contributed by atoms with Gasteiger partial charge in [0, 0.05) is 13.7 Å². The highest BCUT2D eigenvalue weighted by atomic mass is 16.5. The van der Waals surface area contributed by atoms with Crippen molar-refractivity contribution in [1.29, 1.82) is 0 Å². The lowest BCUT2D eigenvalue weighted by atomic mass is 9.95. The van der Waals surface area contributed by atoms with Crippen molar-refractivity contribution in [1.82, 2.24) is 5.32 Å². The minimum Gasteiger partial charge on any atom is -0.481 e. The molecule has 0 aliphatic heterocycles. The second-order valence-electron chi connectivity index (χ2n) is 5.30. The number of carboxylic acids is 1. The molecular formula is C13H23NO5. The number of amides is 1. The largest absolute Gasteiger partial charge is 0.481 e. The van der Waals surface area contributed by atoms with E-state index in [1.54, 1.807) is 7.11 Å². The van der Waals surface area contributed by atoms with Crippen molar-refractivity contribution in [3.05, 3.63) is 0 Å². The molecule has 0 saturated heterocycles. The summed E-state index contributed by atoms with van der Waals surface area (Å²) in [5.41, 5.74) is 0. The zero-order chi connectivity index (χ0) is 14.4. The molecule has 2 unspecified atom stereocenters. The van der Waals surface area contributed by atoms with Crippen LogP contribution in [-0.2, 0) is 14.3 Å². The predicted molar refractivity (Wildman–Crippen MR) is 68.5 cm³/mol. The van der Waals surface area contributed by atoms with Gasteiger partial charge in [-0.25, -0.2) is 0 Å². The molecular weight excluding hydrogens is 250 g/mol. The van der Waals surface area contributed by atoms with E-state index in [0.29, 0.717) is 25.9 Å². The van der Waals surface area contributed by atoms with E-state index < -0.39 is 17.8 Å². The molecule has 1 saturated carbocycles. The summed E-state index contributed by atoms with van der Waals surface area (Å²) in [6.07, 6.45) is 1.64.